The number of carbonyl (C=O) groups excluding carboxylic acids is 2. The number of aryl methyl sites for hydroxylation is 2. The van der Waals surface area contributed by atoms with Crippen molar-refractivity contribution >= 4 is 11.7 Å². The number of aromatic nitrogens is 1. The van der Waals surface area contributed by atoms with E-state index in [1.165, 1.54) is 12.8 Å². The first-order valence-electron chi connectivity index (χ1n) is 12.8. The number of rotatable bonds is 8. The highest BCUT2D eigenvalue weighted by Crippen LogP contribution is 2.34. The summed E-state index contributed by atoms with van der Waals surface area (Å²) in [6.45, 7) is 11.1. The van der Waals surface area contributed by atoms with Crippen LogP contribution in [0.15, 0.2) is 24.4 Å². The van der Waals surface area contributed by atoms with Gasteiger partial charge in [-0.1, -0.05) is 12.8 Å². The summed E-state index contributed by atoms with van der Waals surface area (Å²) in [4.78, 5) is 34.4. The molecule has 2 aromatic rings. The van der Waals surface area contributed by atoms with Gasteiger partial charge in [-0.05, 0) is 80.5 Å². The quantitative estimate of drug-likeness (QED) is 0.528. The van der Waals surface area contributed by atoms with E-state index >= 15 is 0 Å². The molecule has 1 aliphatic carbocycles. The Morgan fingerprint density at radius 1 is 1.11 bits per heavy atom. The lowest BCUT2D eigenvalue weighted by molar-refractivity contribution is -0.136. The number of hydrogen-bond donors (Lipinski definition) is 0. The summed E-state index contributed by atoms with van der Waals surface area (Å²) in [5.74, 6) is 1.07. The second kappa shape index (κ2) is 10.7. The van der Waals surface area contributed by atoms with Crippen LogP contribution in [-0.2, 0) is 17.8 Å². The average molecular weight is 473 g/mol. The summed E-state index contributed by atoms with van der Waals surface area (Å²) in [7, 11) is 0. The first-order chi connectivity index (χ1) is 16.7. The Labute approximate surface area is 209 Å². The first-order valence-corrected chi connectivity index (χ1v) is 12.8. The summed E-state index contributed by atoms with van der Waals surface area (Å²) >= 11 is 0. The Bertz CT molecular complexity index is 1160. The van der Waals surface area contributed by atoms with E-state index in [0.717, 1.165) is 59.9 Å². The first kappa shape index (κ1) is 25.1. The lowest BCUT2D eigenvalue weighted by atomic mass is 9.93. The van der Waals surface area contributed by atoms with Gasteiger partial charge in [0.1, 0.15) is 0 Å². The Balaban J connectivity index is 1.44. The monoisotopic (exact) mass is 472 g/mol. The molecule has 0 spiro atoms. The Hall–Kier alpha value is -3.04. The van der Waals surface area contributed by atoms with Crippen molar-refractivity contribution < 1.29 is 9.59 Å². The van der Waals surface area contributed by atoms with Crippen molar-refractivity contribution in [3.05, 3.63) is 63.5 Å². The van der Waals surface area contributed by atoms with E-state index in [1.54, 1.807) is 6.20 Å². The third-order valence-corrected chi connectivity index (χ3v) is 7.65. The Kier molecular flexibility index (Phi) is 7.66. The van der Waals surface area contributed by atoms with Crippen molar-refractivity contribution in [2.75, 3.05) is 19.6 Å². The highest BCUT2D eigenvalue weighted by molar-refractivity contribution is 5.97. The van der Waals surface area contributed by atoms with Crippen LogP contribution < -0.4 is 0 Å². The maximum absolute atomic E-state index is 13.0. The lowest BCUT2D eigenvalue weighted by Crippen LogP contribution is -2.53. The fourth-order valence-corrected chi connectivity index (χ4v) is 4.99. The van der Waals surface area contributed by atoms with E-state index in [1.807, 2.05) is 43.9 Å². The minimum Gasteiger partial charge on any atom is -0.337 e. The second-order valence-electron chi connectivity index (χ2n) is 10.4. The molecule has 1 atom stereocenters. The summed E-state index contributed by atoms with van der Waals surface area (Å²) in [5, 5.41) is 9.63. The average Bonchev–Trinajstić information content (AvgIpc) is 3.66. The molecule has 0 unspecified atom stereocenters. The van der Waals surface area contributed by atoms with Crippen LogP contribution in [0, 0.1) is 38.0 Å². The van der Waals surface area contributed by atoms with Gasteiger partial charge in [-0.25, -0.2) is 0 Å². The molecule has 1 saturated heterocycles. The van der Waals surface area contributed by atoms with E-state index in [0.29, 0.717) is 24.1 Å². The number of amides is 1. The smallest absolute Gasteiger partial charge is 0.222 e. The Morgan fingerprint density at radius 2 is 1.86 bits per heavy atom. The second-order valence-corrected chi connectivity index (χ2v) is 10.4. The van der Waals surface area contributed by atoms with Gasteiger partial charge in [0.15, 0.2) is 5.78 Å². The van der Waals surface area contributed by atoms with Crippen molar-refractivity contribution in [2.24, 2.45) is 5.92 Å². The molecular weight excluding hydrogens is 436 g/mol. The van der Waals surface area contributed by atoms with Crippen LogP contribution in [0.3, 0.4) is 0 Å². The van der Waals surface area contributed by atoms with E-state index in [-0.39, 0.29) is 24.2 Å². The number of ketones is 1. The van der Waals surface area contributed by atoms with Gasteiger partial charge < -0.3 is 4.90 Å². The van der Waals surface area contributed by atoms with Crippen molar-refractivity contribution in [1.82, 2.24) is 14.8 Å². The van der Waals surface area contributed by atoms with Gasteiger partial charge in [0.05, 0.1) is 11.6 Å². The number of benzene rings is 1. The molecule has 2 aliphatic rings. The lowest BCUT2D eigenvalue weighted by Gasteiger charge is -2.40. The summed E-state index contributed by atoms with van der Waals surface area (Å²) < 4.78 is 0. The molecule has 1 aromatic heterocycles. The molecule has 6 heteroatoms. The predicted molar refractivity (Wildman–Crippen MR) is 136 cm³/mol. The Morgan fingerprint density at radius 3 is 2.51 bits per heavy atom. The topological polar surface area (TPSA) is 77.3 Å². The molecule has 1 aromatic carbocycles. The molecule has 2 fully saturated rings. The van der Waals surface area contributed by atoms with Gasteiger partial charge in [0, 0.05) is 62.5 Å². The zero-order chi connectivity index (χ0) is 25.1. The third kappa shape index (κ3) is 6.15. The van der Waals surface area contributed by atoms with Gasteiger partial charge in [0.25, 0.3) is 0 Å². The number of Topliss-reactive ketones (excluding diaryl/α,β-unsaturated/α-hetero) is 1. The van der Waals surface area contributed by atoms with E-state index in [4.69, 9.17) is 0 Å². The van der Waals surface area contributed by atoms with Gasteiger partial charge in [-0.3, -0.25) is 19.5 Å². The molecular formula is C29H36N4O2. The van der Waals surface area contributed by atoms with Gasteiger partial charge >= 0.3 is 0 Å². The molecule has 0 N–H and O–H groups in total. The van der Waals surface area contributed by atoms with Crippen LogP contribution in [0.5, 0.6) is 0 Å². The third-order valence-electron chi connectivity index (χ3n) is 7.65. The van der Waals surface area contributed by atoms with Gasteiger partial charge in [-0.2, -0.15) is 5.26 Å². The van der Waals surface area contributed by atoms with Crippen LogP contribution in [-0.4, -0.2) is 52.2 Å². The largest absolute Gasteiger partial charge is 0.337 e. The number of carbonyl (C=O) groups is 2. The van der Waals surface area contributed by atoms with Crippen LogP contribution in [0.2, 0.25) is 0 Å². The number of nitrogens with zero attached hydrogens (tertiary/aromatic N) is 4. The molecule has 1 aliphatic heterocycles. The normalized spacial score (nSPS) is 18.4. The van der Waals surface area contributed by atoms with E-state index in [2.05, 4.69) is 22.9 Å². The molecule has 6 nitrogen and oxygen atoms in total. The number of piperazine rings is 1. The minimum absolute atomic E-state index is 0.0108. The van der Waals surface area contributed by atoms with Gasteiger partial charge in [-0.15, -0.1) is 0 Å². The van der Waals surface area contributed by atoms with Crippen molar-refractivity contribution in [1.29, 1.82) is 5.26 Å². The SMILES string of the molecule is Cc1cc(C(=O)Cc2cc(C#N)cc(CN3CCN(C(=O)CCC4CC4)[C@@H](C)C3)c2C)cnc1C. The number of pyridine rings is 1. The molecule has 4 rings (SSSR count). The predicted octanol–water partition coefficient (Wildman–Crippen LogP) is 4.53. The molecule has 0 bridgehead atoms. The van der Waals surface area contributed by atoms with Crippen molar-refractivity contribution in [2.45, 2.75) is 72.4 Å². The van der Waals surface area contributed by atoms with Crippen molar-refractivity contribution in [3.63, 3.8) is 0 Å². The molecule has 2 heterocycles. The highest BCUT2D eigenvalue weighted by Gasteiger charge is 2.29. The van der Waals surface area contributed by atoms with Crippen molar-refractivity contribution in [3.8, 4) is 6.07 Å². The molecule has 1 amide bonds. The highest BCUT2D eigenvalue weighted by atomic mass is 16.2. The number of hydrogen-bond acceptors (Lipinski definition) is 5. The molecule has 184 valence electrons. The number of nitriles is 1. The van der Waals surface area contributed by atoms with Crippen LogP contribution in [0.25, 0.3) is 0 Å². The maximum Gasteiger partial charge on any atom is 0.222 e. The van der Waals surface area contributed by atoms with E-state index in [9.17, 15) is 14.9 Å². The zero-order valence-corrected chi connectivity index (χ0v) is 21.4. The molecule has 1 saturated carbocycles. The van der Waals surface area contributed by atoms with E-state index < -0.39 is 0 Å². The summed E-state index contributed by atoms with van der Waals surface area (Å²) in [5.41, 5.74) is 6.13. The standard InChI is InChI=1S/C29H36N4O2/c1-19-11-26(16-31-22(19)4)28(34)14-25-12-24(15-30)13-27(21(25)3)18-32-9-10-33(20(2)17-32)29(35)8-7-23-5-6-23/h11-13,16,20,23H,5-10,14,17-18H2,1-4H3/t20-/m0/s1. The minimum atomic E-state index is 0.0108. The molecule has 0 radical (unpaired) electrons. The fourth-order valence-electron chi connectivity index (χ4n) is 4.99. The summed E-state index contributed by atoms with van der Waals surface area (Å²) in [6.07, 6.45) is 6.16. The zero-order valence-electron chi connectivity index (χ0n) is 21.4. The van der Waals surface area contributed by atoms with Crippen LogP contribution in [0.1, 0.15) is 76.5 Å². The van der Waals surface area contributed by atoms with Crippen LogP contribution >= 0.6 is 0 Å². The summed E-state index contributed by atoms with van der Waals surface area (Å²) in [6, 6.07) is 8.11. The maximum atomic E-state index is 13.0. The fraction of sp³-hybridized carbons (Fsp3) is 0.517. The van der Waals surface area contributed by atoms with Gasteiger partial charge in [0.2, 0.25) is 5.91 Å². The van der Waals surface area contributed by atoms with Crippen LogP contribution in [0.4, 0.5) is 0 Å². The molecule has 35 heavy (non-hydrogen) atoms.